The number of anilines is 3. The van der Waals surface area contributed by atoms with Crippen molar-refractivity contribution in [2.45, 2.75) is 0 Å². The van der Waals surface area contributed by atoms with E-state index in [1.54, 1.807) is 24.3 Å². The Bertz CT molecular complexity index is 761. The summed E-state index contributed by atoms with van der Waals surface area (Å²) in [6.45, 7) is 2.81. The Hall–Kier alpha value is -1.95. The standard InChI is InChI=1S/C17H17Cl2N3O2/c18-11-1-3-14(19)13(9-11)17(23)21-15-10-12(20)2-4-16(15)22-5-7-24-8-6-22/h1-4,9-10H,5-8,20H2,(H,21,23). The van der Waals surface area contributed by atoms with Gasteiger partial charge >= 0.3 is 0 Å². The maximum atomic E-state index is 12.6. The van der Waals surface area contributed by atoms with E-state index in [1.807, 2.05) is 12.1 Å². The van der Waals surface area contributed by atoms with Gasteiger partial charge < -0.3 is 20.7 Å². The number of nitrogens with zero attached hydrogens (tertiary/aromatic N) is 1. The van der Waals surface area contributed by atoms with Crippen LogP contribution in [0.15, 0.2) is 36.4 Å². The molecule has 126 valence electrons. The number of hydrogen-bond donors (Lipinski definition) is 2. The zero-order chi connectivity index (χ0) is 17.1. The maximum Gasteiger partial charge on any atom is 0.257 e. The highest BCUT2D eigenvalue weighted by atomic mass is 35.5. The molecular weight excluding hydrogens is 349 g/mol. The molecule has 5 nitrogen and oxygen atoms in total. The quantitative estimate of drug-likeness (QED) is 0.814. The number of amides is 1. The van der Waals surface area contributed by atoms with Gasteiger partial charge in [0.2, 0.25) is 0 Å². The first-order valence-electron chi connectivity index (χ1n) is 7.53. The fourth-order valence-electron chi connectivity index (χ4n) is 2.59. The molecule has 1 aliphatic rings. The summed E-state index contributed by atoms with van der Waals surface area (Å²) in [6.07, 6.45) is 0. The second kappa shape index (κ2) is 7.30. The van der Waals surface area contributed by atoms with E-state index >= 15 is 0 Å². The third-order valence-corrected chi connectivity index (χ3v) is 4.36. The fourth-order valence-corrected chi connectivity index (χ4v) is 2.97. The lowest BCUT2D eigenvalue weighted by atomic mass is 10.1. The zero-order valence-electron chi connectivity index (χ0n) is 12.9. The molecule has 1 fully saturated rings. The number of carbonyl (C=O) groups is 1. The second-order valence-electron chi connectivity index (χ2n) is 5.45. The number of rotatable bonds is 3. The van der Waals surface area contributed by atoms with Gasteiger partial charge in [-0.1, -0.05) is 23.2 Å². The first-order chi connectivity index (χ1) is 11.5. The minimum absolute atomic E-state index is 0.319. The highest BCUT2D eigenvalue weighted by molar-refractivity contribution is 6.36. The number of halogens is 2. The van der Waals surface area contributed by atoms with Crippen LogP contribution in [0.2, 0.25) is 10.0 Å². The summed E-state index contributed by atoms with van der Waals surface area (Å²) in [5.41, 5.74) is 8.31. The van der Waals surface area contributed by atoms with Crippen LogP contribution in [0, 0.1) is 0 Å². The van der Waals surface area contributed by atoms with Crippen LogP contribution in [0.1, 0.15) is 10.4 Å². The number of benzene rings is 2. The highest BCUT2D eigenvalue weighted by Gasteiger charge is 2.18. The van der Waals surface area contributed by atoms with E-state index in [4.69, 9.17) is 33.7 Å². The van der Waals surface area contributed by atoms with E-state index in [9.17, 15) is 4.79 Å². The monoisotopic (exact) mass is 365 g/mol. The minimum atomic E-state index is -0.331. The number of ether oxygens (including phenoxy) is 1. The number of nitrogens with two attached hydrogens (primary N) is 1. The van der Waals surface area contributed by atoms with E-state index in [0.717, 1.165) is 18.8 Å². The summed E-state index contributed by atoms with van der Waals surface area (Å²) in [6, 6.07) is 10.2. The summed E-state index contributed by atoms with van der Waals surface area (Å²) in [5, 5.41) is 3.68. The topological polar surface area (TPSA) is 67.6 Å². The number of morpholine rings is 1. The van der Waals surface area contributed by atoms with E-state index in [1.165, 1.54) is 0 Å². The van der Waals surface area contributed by atoms with E-state index in [-0.39, 0.29) is 5.91 Å². The second-order valence-corrected chi connectivity index (χ2v) is 6.30. The maximum absolute atomic E-state index is 12.6. The van der Waals surface area contributed by atoms with Crippen molar-refractivity contribution in [1.29, 1.82) is 0 Å². The van der Waals surface area contributed by atoms with Gasteiger partial charge in [0.1, 0.15) is 0 Å². The third-order valence-electron chi connectivity index (χ3n) is 3.79. The molecule has 3 N–H and O–H groups in total. The van der Waals surface area contributed by atoms with E-state index in [0.29, 0.717) is 40.2 Å². The minimum Gasteiger partial charge on any atom is -0.399 e. The van der Waals surface area contributed by atoms with Crippen LogP contribution in [0.3, 0.4) is 0 Å². The van der Waals surface area contributed by atoms with Gasteiger partial charge in [-0.25, -0.2) is 0 Å². The summed E-state index contributed by atoms with van der Waals surface area (Å²) in [5.74, 6) is -0.331. The molecular formula is C17H17Cl2N3O2. The van der Waals surface area contributed by atoms with Crippen molar-refractivity contribution in [2.24, 2.45) is 0 Å². The van der Waals surface area contributed by atoms with Crippen molar-refractivity contribution in [2.75, 3.05) is 42.3 Å². The Balaban J connectivity index is 1.89. The molecule has 2 aromatic carbocycles. The molecule has 1 aliphatic heterocycles. The Morgan fingerprint density at radius 1 is 1.12 bits per heavy atom. The summed E-state index contributed by atoms with van der Waals surface area (Å²) >= 11 is 12.1. The summed E-state index contributed by atoms with van der Waals surface area (Å²) in [7, 11) is 0. The Labute approximate surface area is 150 Å². The molecule has 2 aromatic rings. The Kier molecular flexibility index (Phi) is 5.14. The molecule has 24 heavy (non-hydrogen) atoms. The van der Waals surface area contributed by atoms with Gasteiger partial charge in [0, 0.05) is 23.8 Å². The normalized spacial score (nSPS) is 14.5. The molecule has 0 unspecified atom stereocenters. The van der Waals surface area contributed by atoms with Crippen LogP contribution in [0.25, 0.3) is 0 Å². The van der Waals surface area contributed by atoms with Gasteiger partial charge in [-0.2, -0.15) is 0 Å². The lowest BCUT2D eigenvalue weighted by molar-refractivity contribution is 0.102. The molecule has 1 saturated heterocycles. The van der Waals surface area contributed by atoms with Crippen LogP contribution in [0.5, 0.6) is 0 Å². The van der Waals surface area contributed by atoms with Crippen molar-refractivity contribution in [3.05, 3.63) is 52.0 Å². The predicted molar refractivity (Wildman–Crippen MR) is 98.3 cm³/mol. The average Bonchev–Trinajstić information content (AvgIpc) is 2.58. The fraction of sp³-hybridized carbons (Fsp3) is 0.235. The molecule has 3 rings (SSSR count). The molecule has 1 amide bonds. The van der Waals surface area contributed by atoms with E-state index in [2.05, 4.69) is 10.2 Å². The molecule has 0 bridgehead atoms. The van der Waals surface area contributed by atoms with Crippen LogP contribution in [0.4, 0.5) is 17.1 Å². The van der Waals surface area contributed by atoms with Crippen molar-refractivity contribution >= 4 is 46.2 Å². The van der Waals surface area contributed by atoms with Crippen LogP contribution < -0.4 is 16.0 Å². The van der Waals surface area contributed by atoms with Crippen LogP contribution >= 0.6 is 23.2 Å². The van der Waals surface area contributed by atoms with Gasteiger partial charge in [0.05, 0.1) is 35.2 Å². The Morgan fingerprint density at radius 3 is 2.62 bits per heavy atom. The first kappa shape index (κ1) is 16.9. The summed E-state index contributed by atoms with van der Waals surface area (Å²) in [4.78, 5) is 14.7. The lowest BCUT2D eigenvalue weighted by Gasteiger charge is -2.30. The average molecular weight is 366 g/mol. The van der Waals surface area contributed by atoms with Gasteiger partial charge in [0.25, 0.3) is 5.91 Å². The van der Waals surface area contributed by atoms with Crippen molar-refractivity contribution < 1.29 is 9.53 Å². The molecule has 0 aliphatic carbocycles. The number of nitrogen functional groups attached to an aromatic ring is 1. The molecule has 0 saturated carbocycles. The molecule has 7 heteroatoms. The SMILES string of the molecule is Nc1ccc(N2CCOCC2)c(NC(=O)c2cc(Cl)ccc2Cl)c1. The Morgan fingerprint density at radius 2 is 1.88 bits per heavy atom. The molecule has 0 spiro atoms. The van der Waals surface area contributed by atoms with E-state index < -0.39 is 0 Å². The molecule has 1 heterocycles. The number of carbonyl (C=O) groups excluding carboxylic acids is 1. The van der Waals surface area contributed by atoms with Crippen molar-refractivity contribution in [1.82, 2.24) is 0 Å². The largest absolute Gasteiger partial charge is 0.399 e. The van der Waals surface area contributed by atoms with Crippen LogP contribution in [-0.2, 0) is 4.74 Å². The zero-order valence-corrected chi connectivity index (χ0v) is 14.4. The molecule has 0 atom stereocenters. The molecule has 0 aromatic heterocycles. The number of nitrogens with one attached hydrogen (secondary N) is 1. The van der Waals surface area contributed by atoms with Crippen LogP contribution in [-0.4, -0.2) is 32.2 Å². The highest BCUT2D eigenvalue weighted by Crippen LogP contribution is 2.30. The first-order valence-corrected chi connectivity index (χ1v) is 8.29. The third kappa shape index (κ3) is 3.75. The van der Waals surface area contributed by atoms with Gasteiger partial charge in [-0.3, -0.25) is 4.79 Å². The smallest absolute Gasteiger partial charge is 0.257 e. The van der Waals surface area contributed by atoms with Crippen molar-refractivity contribution in [3.63, 3.8) is 0 Å². The lowest BCUT2D eigenvalue weighted by Crippen LogP contribution is -2.36. The van der Waals surface area contributed by atoms with Crippen molar-refractivity contribution in [3.8, 4) is 0 Å². The van der Waals surface area contributed by atoms with Gasteiger partial charge in [0.15, 0.2) is 0 Å². The number of hydrogen-bond acceptors (Lipinski definition) is 4. The van der Waals surface area contributed by atoms with Gasteiger partial charge in [-0.15, -0.1) is 0 Å². The molecule has 0 radical (unpaired) electrons. The van der Waals surface area contributed by atoms with Gasteiger partial charge in [-0.05, 0) is 36.4 Å². The summed E-state index contributed by atoms with van der Waals surface area (Å²) < 4.78 is 5.38. The predicted octanol–water partition coefficient (Wildman–Crippen LogP) is 3.66.